The molecule has 0 saturated carbocycles. The third-order valence-electron chi connectivity index (χ3n) is 4.43. The number of aryl methyl sites for hydroxylation is 1. The van der Waals surface area contributed by atoms with E-state index in [0.717, 1.165) is 35.8 Å². The summed E-state index contributed by atoms with van der Waals surface area (Å²) in [6, 6.07) is 7.60. The standard InChI is InChI=1S/C21H28FN3O2S.HI/c1-4-23-21(25-14(2)9-19-6-5-15(3)28-19)24-8-7-16-10-18(22)11-17-12-26-13-27-20(16)17;/h5-6,10-11,14H,4,7-9,12-13H2,1-3H3,(H2,23,24,25);1H. The zero-order valence-electron chi connectivity index (χ0n) is 17.1. The lowest BCUT2D eigenvalue weighted by molar-refractivity contribution is -0.0172. The van der Waals surface area contributed by atoms with Gasteiger partial charge in [-0.15, -0.1) is 35.3 Å². The van der Waals surface area contributed by atoms with E-state index < -0.39 is 0 Å². The van der Waals surface area contributed by atoms with Gasteiger partial charge in [0.05, 0.1) is 6.61 Å². The predicted octanol–water partition coefficient (Wildman–Crippen LogP) is 4.41. The zero-order chi connectivity index (χ0) is 19.9. The number of benzene rings is 1. The van der Waals surface area contributed by atoms with Crippen molar-refractivity contribution in [3.8, 4) is 5.75 Å². The molecular formula is C21H29FIN3O2S. The Hall–Kier alpha value is -1.39. The number of nitrogens with one attached hydrogen (secondary N) is 2. The summed E-state index contributed by atoms with van der Waals surface area (Å²) in [7, 11) is 0. The monoisotopic (exact) mass is 533 g/mol. The van der Waals surface area contributed by atoms with Crippen LogP contribution in [0.5, 0.6) is 5.75 Å². The molecule has 8 heteroatoms. The minimum Gasteiger partial charge on any atom is -0.467 e. The van der Waals surface area contributed by atoms with E-state index in [1.807, 2.05) is 18.3 Å². The zero-order valence-corrected chi connectivity index (χ0v) is 20.2. The van der Waals surface area contributed by atoms with Gasteiger partial charge in [0.25, 0.3) is 0 Å². The highest BCUT2D eigenvalue weighted by molar-refractivity contribution is 14.0. The van der Waals surface area contributed by atoms with Gasteiger partial charge in [-0.1, -0.05) is 0 Å². The van der Waals surface area contributed by atoms with E-state index in [9.17, 15) is 4.39 Å². The first-order chi connectivity index (χ1) is 13.5. The van der Waals surface area contributed by atoms with Gasteiger partial charge in [0.2, 0.25) is 0 Å². The Morgan fingerprint density at radius 1 is 1.34 bits per heavy atom. The summed E-state index contributed by atoms with van der Waals surface area (Å²) >= 11 is 1.83. The molecule has 0 saturated heterocycles. The number of thiophene rings is 1. The molecule has 2 heterocycles. The highest BCUT2D eigenvalue weighted by atomic mass is 127. The van der Waals surface area contributed by atoms with Gasteiger partial charge in [0.15, 0.2) is 12.8 Å². The lowest BCUT2D eigenvalue weighted by Crippen LogP contribution is -2.43. The summed E-state index contributed by atoms with van der Waals surface area (Å²) in [6.07, 6.45) is 1.56. The van der Waals surface area contributed by atoms with Crippen molar-refractivity contribution < 1.29 is 13.9 Å². The maximum atomic E-state index is 13.9. The summed E-state index contributed by atoms with van der Waals surface area (Å²) in [5.74, 6) is 1.25. The van der Waals surface area contributed by atoms with Gasteiger partial charge >= 0.3 is 0 Å². The minimum absolute atomic E-state index is 0. The Morgan fingerprint density at radius 3 is 2.90 bits per heavy atom. The van der Waals surface area contributed by atoms with Crippen molar-refractivity contribution in [3.05, 3.63) is 51.0 Å². The summed E-state index contributed by atoms with van der Waals surface area (Å²) in [6.45, 7) is 8.23. The molecule has 160 valence electrons. The number of guanidine groups is 1. The number of ether oxygens (including phenoxy) is 2. The molecule has 1 aromatic heterocycles. The van der Waals surface area contributed by atoms with Gasteiger partial charge in [-0.3, -0.25) is 4.99 Å². The van der Waals surface area contributed by atoms with Crippen molar-refractivity contribution >= 4 is 41.3 Å². The molecule has 2 aromatic rings. The van der Waals surface area contributed by atoms with Crippen LogP contribution in [0.2, 0.25) is 0 Å². The van der Waals surface area contributed by atoms with Gasteiger partial charge in [-0.25, -0.2) is 4.39 Å². The van der Waals surface area contributed by atoms with E-state index >= 15 is 0 Å². The highest BCUT2D eigenvalue weighted by Crippen LogP contribution is 2.29. The molecule has 0 fully saturated rings. The van der Waals surface area contributed by atoms with Crippen LogP contribution in [0.25, 0.3) is 0 Å². The number of halogens is 2. The molecule has 1 aliphatic heterocycles. The van der Waals surface area contributed by atoms with Crippen LogP contribution < -0.4 is 15.4 Å². The van der Waals surface area contributed by atoms with Crippen molar-refractivity contribution in [3.63, 3.8) is 0 Å². The van der Waals surface area contributed by atoms with E-state index in [4.69, 9.17) is 9.47 Å². The third-order valence-corrected chi connectivity index (χ3v) is 5.46. The minimum atomic E-state index is -0.267. The molecule has 0 amide bonds. The van der Waals surface area contributed by atoms with Crippen LogP contribution in [0.4, 0.5) is 4.39 Å². The lowest BCUT2D eigenvalue weighted by Gasteiger charge is -2.21. The number of hydrogen-bond donors (Lipinski definition) is 2. The summed E-state index contributed by atoms with van der Waals surface area (Å²) in [5.41, 5.74) is 1.59. The van der Waals surface area contributed by atoms with Gasteiger partial charge in [0.1, 0.15) is 11.6 Å². The van der Waals surface area contributed by atoms with Crippen molar-refractivity contribution in [2.45, 2.75) is 46.3 Å². The van der Waals surface area contributed by atoms with Crippen LogP contribution in [0.15, 0.2) is 29.3 Å². The number of rotatable bonds is 7. The number of aliphatic imine (C=N–C) groups is 1. The first-order valence-electron chi connectivity index (χ1n) is 9.67. The number of fused-ring (bicyclic) bond motifs is 1. The van der Waals surface area contributed by atoms with E-state index in [1.54, 1.807) is 0 Å². The fourth-order valence-corrected chi connectivity index (χ4v) is 4.25. The summed E-state index contributed by atoms with van der Waals surface area (Å²) in [4.78, 5) is 7.35. The molecule has 0 aliphatic carbocycles. The molecule has 29 heavy (non-hydrogen) atoms. The quantitative estimate of drug-likeness (QED) is 0.315. The molecule has 0 radical (unpaired) electrons. The van der Waals surface area contributed by atoms with Crippen molar-refractivity contribution in [1.82, 2.24) is 10.6 Å². The topological polar surface area (TPSA) is 54.9 Å². The first-order valence-corrected chi connectivity index (χ1v) is 10.5. The second-order valence-corrected chi connectivity index (χ2v) is 8.31. The normalized spacial score (nSPS) is 14.4. The van der Waals surface area contributed by atoms with Crippen LogP contribution in [0.3, 0.4) is 0 Å². The van der Waals surface area contributed by atoms with Crippen LogP contribution in [-0.2, 0) is 24.2 Å². The fraction of sp³-hybridized carbons (Fsp3) is 0.476. The fourth-order valence-electron chi connectivity index (χ4n) is 3.23. The number of nitrogens with zero attached hydrogens (tertiary/aromatic N) is 1. The lowest BCUT2D eigenvalue weighted by atomic mass is 10.1. The summed E-state index contributed by atoms with van der Waals surface area (Å²) < 4.78 is 24.7. The molecule has 1 aromatic carbocycles. The van der Waals surface area contributed by atoms with E-state index in [0.29, 0.717) is 19.6 Å². The first kappa shape index (κ1) is 23.9. The second-order valence-electron chi connectivity index (χ2n) is 6.94. The van der Waals surface area contributed by atoms with Crippen molar-refractivity contribution in [2.75, 3.05) is 19.9 Å². The molecule has 3 rings (SSSR count). The van der Waals surface area contributed by atoms with Crippen LogP contribution in [0.1, 0.15) is 34.7 Å². The van der Waals surface area contributed by atoms with Gasteiger partial charge in [0, 0.05) is 40.9 Å². The van der Waals surface area contributed by atoms with Gasteiger partial charge in [-0.2, -0.15) is 0 Å². The number of hydrogen-bond acceptors (Lipinski definition) is 4. The van der Waals surface area contributed by atoms with Crippen LogP contribution >= 0.6 is 35.3 Å². The van der Waals surface area contributed by atoms with Crippen molar-refractivity contribution in [2.24, 2.45) is 4.99 Å². The third kappa shape index (κ3) is 7.11. The molecule has 0 bridgehead atoms. The molecule has 5 nitrogen and oxygen atoms in total. The van der Waals surface area contributed by atoms with E-state index in [1.165, 1.54) is 21.9 Å². The van der Waals surface area contributed by atoms with Crippen molar-refractivity contribution in [1.29, 1.82) is 0 Å². The SMILES string of the molecule is CCNC(=NCCc1cc(F)cc2c1OCOC2)NC(C)Cc1ccc(C)s1.I. The molecule has 1 unspecified atom stereocenters. The maximum Gasteiger partial charge on any atom is 0.191 e. The maximum absolute atomic E-state index is 13.9. The predicted molar refractivity (Wildman–Crippen MR) is 127 cm³/mol. The Balaban J connectivity index is 0.00000300. The Labute approximate surface area is 193 Å². The molecule has 1 atom stereocenters. The molecule has 1 aliphatic rings. The smallest absolute Gasteiger partial charge is 0.191 e. The van der Waals surface area contributed by atoms with Crippen LogP contribution in [0, 0.1) is 12.7 Å². The summed E-state index contributed by atoms with van der Waals surface area (Å²) in [5, 5.41) is 6.74. The molecular weight excluding hydrogens is 504 g/mol. The van der Waals surface area contributed by atoms with E-state index in [2.05, 4.69) is 41.6 Å². The van der Waals surface area contributed by atoms with Crippen LogP contribution in [-0.4, -0.2) is 31.9 Å². The Bertz CT molecular complexity index is 828. The molecule has 0 spiro atoms. The van der Waals surface area contributed by atoms with E-state index in [-0.39, 0.29) is 42.6 Å². The molecule has 2 N–H and O–H groups in total. The Kier molecular flexibility index (Phi) is 9.64. The highest BCUT2D eigenvalue weighted by Gasteiger charge is 2.16. The second kappa shape index (κ2) is 11.7. The largest absolute Gasteiger partial charge is 0.467 e. The average Bonchev–Trinajstić information content (AvgIpc) is 3.06. The average molecular weight is 533 g/mol. The van der Waals surface area contributed by atoms with Gasteiger partial charge in [-0.05, 0) is 57.0 Å². The Morgan fingerprint density at radius 2 is 2.17 bits per heavy atom. The van der Waals surface area contributed by atoms with Gasteiger partial charge < -0.3 is 20.1 Å².